The molecule has 0 saturated carbocycles. The van der Waals surface area contributed by atoms with Gasteiger partial charge in [0.1, 0.15) is 5.82 Å². The highest BCUT2D eigenvalue weighted by Crippen LogP contribution is 2.18. The molecule has 3 heteroatoms. The van der Waals surface area contributed by atoms with Crippen LogP contribution in [0.3, 0.4) is 0 Å². The Labute approximate surface area is 107 Å². The summed E-state index contributed by atoms with van der Waals surface area (Å²) in [6, 6.07) is 12.8. The summed E-state index contributed by atoms with van der Waals surface area (Å²) < 4.78 is 12.8. The molecule has 0 aliphatic rings. The highest BCUT2D eigenvalue weighted by Gasteiger charge is 2.11. The van der Waals surface area contributed by atoms with Crippen molar-refractivity contribution in [3.8, 4) is 0 Å². The van der Waals surface area contributed by atoms with E-state index in [1.165, 1.54) is 12.1 Å². The van der Waals surface area contributed by atoms with Crippen LogP contribution in [0.2, 0.25) is 0 Å². The molecular formula is C15H17FN2. The first-order valence-corrected chi connectivity index (χ1v) is 6.09. The van der Waals surface area contributed by atoms with Gasteiger partial charge in [-0.05, 0) is 43.7 Å². The van der Waals surface area contributed by atoms with Gasteiger partial charge in [0, 0.05) is 18.3 Å². The molecule has 18 heavy (non-hydrogen) atoms. The van der Waals surface area contributed by atoms with Crippen LogP contribution < -0.4 is 5.32 Å². The summed E-state index contributed by atoms with van der Waals surface area (Å²) in [5, 5.41) is 3.45. The van der Waals surface area contributed by atoms with Gasteiger partial charge >= 0.3 is 0 Å². The maximum absolute atomic E-state index is 12.8. The maximum Gasteiger partial charge on any atom is 0.123 e. The molecule has 0 saturated heterocycles. The molecule has 1 N–H and O–H groups in total. The van der Waals surface area contributed by atoms with Gasteiger partial charge in [-0.15, -0.1) is 0 Å². The first-order chi connectivity index (χ1) is 8.66. The van der Waals surface area contributed by atoms with Crippen LogP contribution in [0.15, 0.2) is 48.7 Å². The molecule has 1 heterocycles. The number of hydrogen-bond donors (Lipinski definition) is 1. The largest absolute Gasteiger partial charge is 0.302 e. The van der Waals surface area contributed by atoms with Crippen molar-refractivity contribution in [2.24, 2.45) is 0 Å². The second kappa shape index (κ2) is 5.74. The molecule has 0 fully saturated rings. The zero-order chi connectivity index (χ0) is 13.0. The van der Waals surface area contributed by atoms with E-state index in [0.717, 1.165) is 11.3 Å². The number of pyridine rings is 1. The second-order valence-corrected chi connectivity index (χ2v) is 4.42. The highest BCUT2D eigenvalue weighted by molar-refractivity contribution is 5.20. The lowest BCUT2D eigenvalue weighted by Gasteiger charge is -2.20. The Hall–Kier alpha value is -1.74. The van der Waals surface area contributed by atoms with Crippen molar-refractivity contribution >= 4 is 0 Å². The van der Waals surface area contributed by atoms with E-state index in [2.05, 4.69) is 24.1 Å². The van der Waals surface area contributed by atoms with Gasteiger partial charge in [-0.3, -0.25) is 4.98 Å². The summed E-state index contributed by atoms with van der Waals surface area (Å²) in [6.45, 7) is 4.13. The van der Waals surface area contributed by atoms with Crippen molar-refractivity contribution in [2.75, 3.05) is 0 Å². The normalized spacial score (nSPS) is 14.2. The number of benzene rings is 1. The molecule has 0 aliphatic carbocycles. The van der Waals surface area contributed by atoms with Crippen LogP contribution in [0.25, 0.3) is 0 Å². The van der Waals surface area contributed by atoms with E-state index < -0.39 is 0 Å². The van der Waals surface area contributed by atoms with Crippen molar-refractivity contribution in [1.29, 1.82) is 0 Å². The fourth-order valence-electron chi connectivity index (χ4n) is 1.94. The molecule has 2 nitrogen and oxygen atoms in total. The van der Waals surface area contributed by atoms with Gasteiger partial charge in [0.25, 0.3) is 0 Å². The lowest BCUT2D eigenvalue weighted by molar-refractivity contribution is 0.485. The number of nitrogens with one attached hydrogen (secondary N) is 1. The van der Waals surface area contributed by atoms with Gasteiger partial charge in [0.2, 0.25) is 0 Å². The average molecular weight is 244 g/mol. The highest BCUT2D eigenvalue weighted by atomic mass is 19.1. The Balaban J connectivity index is 2.03. The number of rotatable bonds is 4. The summed E-state index contributed by atoms with van der Waals surface area (Å²) >= 11 is 0. The molecule has 2 atom stereocenters. The first-order valence-electron chi connectivity index (χ1n) is 6.09. The van der Waals surface area contributed by atoms with Crippen LogP contribution in [0.4, 0.5) is 4.39 Å². The molecule has 0 spiro atoms. The van der Waals surface area contributed by atoms with Gasteiger partial charge in [-0.25, -0.2) is 4.39 Å². The van der Waals surface area contributed by atoms with Crippen LogP contribution in [0, 0.1) is 5.82 Å². The maximum atomic E-state index is 12.8. The number of nitrogens with zero attached hydrogens (tertiary/aromatic N) is 1. The molecule has 1 aromatic carbocycles. The fourth-order valence-corrected chi connectivity index (χ4v) is 1.94. The van der Waals surface area contributed by atoms with Gasteiger partial charge in [0.05, 0.1) is 5.69 Å². The first kappa shape index (κ1) is 12.7. The number of aromatic nitrogens is 1. The SMILES string of the molecule is CC(NC(C)c1ccccn1)c1ccc(F)cc1. The molecule has 2 rings (SSSR count). The van der Waals surface area contributed by atoms with E-state index in [1.54, 1.807) is 18.3 Å². The van der Waals surface area contributed by atoms with Crippen molar-refractivity contribution < 1.29 is 4.39 Å². The minimum atomic E-state index is -0.205. The smallest absolute Gasteiger partial charge is 0.123 e. The van der Waals surface area contributed by atoms with Crippen LogP contribution in [-0.2, 0) is 0 Å². The Morgan fingerprint density at radius 1 is 1.00 bits per heavy atom. The number of halogens is 1. The third-order valence-electron chi connectivity index (χ3n) is 3.00. The summed E-state index contributed by atoms with van der Waals surface area (Å²) in [5.41, 5.74) is 2.07. The molecule has 0 radical (unpaired) electrons. The molecule has 94 valence electrons. The van der Waals surface area contributed by atoms with E-state index in [9.17, 15) is 4.39 Å². The molecule has 2 unspecified atom stereocenters. The zero-order valence-corrected chi connectivity index (χ0v) is 10.6. The molecule has 0 bridgehead atoms. The predicted molar refractivity (Wildman–Crippen MR) is 70.6 cm³/mol. The van der Waals surface area contributed by atoms with Crippen molar-refractivity contribution in [2.45, 2.75) is 25.9 Å². The average Bonchev–Trinajstić information content (AvgIpc) is 2.40. The fraction of sp³-hybridized carbons (Fsp3) is 0.267. The van der Waals surface area contributed by atoms with Crippen molar-refractivity contribution in [1.82, 2.24) is 10.3 Å². The zero-order valence-electron chi connectivity index (χ0n) is 10.6. The third-order valence-corrected chi connectivity index (χ3v) is 3.00. The van der Waals surface area contributed by atoms with Gasteiger partial charge in [-0.2, -0.15) is 0 Å². The summed E-state index contributed by atoms with van der Waals surface area (Å²) in [6.07, 6.45) is 1.79. The third kappa shape index (κ3) is 3.14. The summed E-state index contributed by atoms with van der Waals surface area (Å²) in [7, 11) is 0. The van der Waals surface area contributed by atoms with Crippen molar-refractivity contribution in [3.05, 3.63) is 65.7 Å². The quantitative estimate of drug-likeness (QED) is 0.888. The van der Waals surface area contributed by atoms with Crippen LogP contribution >= 0.6 is 0 Å². The predicted octanol–water partition coefficient (Wildman–Crippen LogP) is 3.63. The summed E-state index contributed by atoms with van der Waals surface area (Å²) in [4.78, 5) is 4.32. The monoisotopic (exact) mass is 244 g/mol. The minimum Gasteiger partial charge on any atom is -0.302 e. The number of hydrogen-bond acceptors (Lipinski definition) is 2. The van der Waals surface area contributed by atoms with Crippen LogP contribution in [0.5, 0.6) is 0 Å². The van der Waals surface area contributed by atoms with E-state index in [1.807, 2.05) is 18.2 Å². The Morgan fingerprint density at radius 2 is 1.72 bits per heavy atom. The standard InChI is InChI=1S/C15H17FN2/c1-11(13-6-8-14(16)9-7-13)18-12(2)15-5-3-4-10-17-15/h3-12,18H,1-2H3. The van der Waals surface area contributed by atoms with E-state index in [4.69, 9.17) is 0 Å². The molecule has 1 aromatic heterocycles. The minimum absolute atomic E-state index is 0.155. The molecule has 0 amide bonds. The molecule has 0 aliphatic heterocycles. The summed E-state index contributed by atoms with van der Waals surface area (Å²) in [5.74, 6) is -0.205. The van der Waals surface area contributed by atoms with Gasteiger partial charge in [-0.1, -0.05) is 18.2 Å². The second-order valence-electron chi connectivity index (χ2n) is 4.42. The Bertz CT molecular complexity index is 482. The Morgan fingerprint density at radius 3 is 2.33 bits per heavy atom. The Kier molecular flexibility index (Phi) is 4.05. The lowest BCUT2D eigenvalue weighted by Crippen LogP contribution is -2.23. The topological polar surface area (TPSA) is 24.9 Å². The lowest BCUT2D eigenvalue weighted by atomic mass is 10.1. The molecule has 2 aromatic rings. The van der Waals surface area contributed by atoms with Crippen LogP contribution in [-0.4, -0.2) is 4.98 Å². The van der Waals surface area contributed by atoms with E-state index in [-0.39, 0.29) is 17.9 Å². The molecular weight excluding hydrogens is 227 g/mol. The van der Waals surface area contributed by atoms with E-state index in [0.29, 0.717) is 0 Å². The van der Waals surface area contributed by atoms with Crippen molar-refractivity contribution in [3.63, 3.8) is 0 Å². The van der Waals surface area contributed by atoms with E-state index >= 15 is 0 Å². The van der Waals surface area contributed by atoms with Crippen LogP contribution in [0.1, 0.15) is 37.2 Å². The van der Waals surface area contributed by atoms with Gasteiger partial charge in [0.15, 0.2) is 0 Å². The van der Waals surface area contributed by atoms with Gasteiger partial charge < -0.3 is 5.32 Å².